The van der Waals surface area contributed by atoms with Crippen LogP contribution in [-0.2, 0) is 0 Å². The van der Waals surface area contributed by atoms with Gasteiger partial charge in [0.05, 0.1) is 6.54 Å². The van der Waals surface area contributed by atoms with Crippen LogP contribution in [-0.4, -0.2) is 23.6 Å². The smallest absolute Gasteiger partial charge is 0.153 e. The molecule has 0 heterocycles. The van der Waals surface area contributed by atoms with Crippen LogP contribution in [0.15, 0.2) is 5.16 Å². The van der Waals surface area contributed by atoms with Crippen LogP contribution in [0, 0.1) is 5.92 Å². The molecule has 1 aliphatic rings. The molecule has 0 aromatic carbocycles. The highest BCUT2D eigenvalue weighted by Crippen LogP contribution is 2.27. The summed E-state index contributed by atoms with van der Waals surface area (Å²) in [5.74, 6) is 1.02. The van der Waals surface area contributed by atoms with Gasteiger partial charge in [-0.2, -0.15) is 0 Å². The largest absolute Gasteiger partial charge is 0.409 e. The number of amidine groups is 1. The average Bonchev–Trinajstić information content (AvgIpc) is 2.66. The van der Waals surface area contributed by atoms with Crippen molar-refractivity contribution in [1.82, 2.24) is 5.32 Å². The number of nitrogens with two attached hydrogens (primary N) is 1. The van der Waals surface area contributed by atoms with Crippen LogP contribution < -0.4 is 11.1 Å². The van der Waals surface area contributed by atoms with Crippen LogP contribution in [0.5, 0.6) is 0 Å². The first kappa shape index (κ1) is 10.3. The zero-order valence-corrected chi connectivity index (χ0v) is 8.16. The molecule has 0 aromatic rings. The molecular formula is C9H19N3O. The van der Waals surface area contributed by atoms with E-state index in [2.05, 4.69) is 17.4 Å². The van der Waals surface area contributed by atoms with Gasteiger partial charge in [0.15, 0.2) is 5.84 Å². The highest BCUT2D eigenvalue weighted by molar-refractivity contribution is 5.81. The molecule has 0 spiro atoms. The molecule has 4 heteroatoms. The molecule has 1 rings (SSSR count). The second-order valence-corrected chi connectivity index (χ2v) is 3.81. The predicted molar refractivity (Wildman–Crippen MR) is 52.8 cm³/mol. The van der Waals surface area contributed by atoms with Crippen molar-refractivity contribution >= 4 is 5.84 Å². The molecule has 4 nitrogen and oxygen atoms in total. The van der Waals surface area contributed by atoms with E-state index in [0.717, 1.165) is 5.92 Å². The average molecular weight is 185 g/mol. The lowest BCUT2D eigenvalue weighted by atomic mass is 10.00. The lowest BCUT2D eigenvalue weighted by molar-refractivity contribution is 0.315. The Morgan fingerprint density at radius 1 is 1.62 bits per heavy atom. The van der Waals surface area contributed by atoms with E-state index in [1.165, 1.54) is 25.7 Å². The number of nitrogens with one attached hydrogen (secondary N) is 1. The van der Waals surface area contributed by atoms with E-state index in [1.54, 1.807) is 0 Å². The van der Waals surface area contributed by atoms with Gasteiger partial charge in [0.25, 0.3) is 0 Å². The molecule has 13 heavy (non-hydrogen) atoms. The van der Waals surface area contributed by atoms with Crippen LogP contribution in [0.1, 0.15) is 32.6 Å². The molecule has 1 saturated carbocycles. The summed E-state index contributed by atoms with van der Waals surface area (Å²) in [5.41, 5.74) is 5.36. The van der Waals surface area contributed by atoms with Crippen molar-refractivity contribution in [1.29, 1.82) is 0 Å². The van der Waals surface area contributed by atoms with E-state index in [-0.39, 0.29) is 5.84 Å². The first-order chi connectivity index (χ1) is 6.24. The Morgan fingerprint density at radius 3 is 2.77 bits per heavy atom. The summed E-state index contributed by atoms with van der Waals surface area (Å²) >= 11 is 0. The lowest BCUT2D eigenvalue weighted by Crippen LogP contribution is -2.38. The van der Waals surface area contributed by atoms with Gasteiger partial charge in [-0.3, -0.25) is 0 Å². The van der Waals surface area contributed by atoms with Gasteiger partial charge in [0.1, 0.15) is 0 Å². The molecule has 0 amide bonds. The zero-order valence-electron chi connectivity index (χ0n) is 8.16. The number of nitrogens with zero attached hydrogens (tertiary/aromatic N) is 1. The van der Waals surface area contributed by atoms with E-state index in [4.69, 9.17) is 10.9 Å². The van der Waals surface area contributed by atoms with Crippen molar-refractivity contribution in [3.05, 3.63) is 0 Å². The highest BCUT2D eigenvalue weighted by atomic mass is 16.4. The molecule has 0 aliphatic heterocycles. The van der Waals surface area contributed by atoms with E-state index < -0.39 is 0 Å². The minimum Gasteiger partial charge on any atom is -0.409 e. The van der Waals surface area contributed by atoms with Crippen molar-refractivity contribution in [2.45, 2.75) is 38.6 Å². The fourth-order valence-corrected chi connectivity index (χ4v) is 1.92. The van der Waals surface area contributed by atoms with Gasteiger partial charge < -0.3 is 16.3 Å². The number of oxime groups is 1. The molecule has 0 radical (unpaired) electrons. The van der Waals surface area contributed by atoms with Crippen molar-refractivity contribution in [2.24, 2.45) is 16.8 Å². The van der Waals surface area contributed by atoms with Gasteiger partial charge in [-0.25, -0.2) is 0 Å². The van der Waals surface area contributed by atoms with E-state index >= 15 is 0 Å². The molecule has 0 bridgehead atoms. The molecule has 1 atom stereocenters. The Hall–Kier alpha value is -0.770. The van der Waals surface area contributed by atoms with Crippen LogP contribution in [0.25, 0.3) is 0 Å². The zero-order chi connectivity index (χ0) is 9.68. The maximum Gasteiger partial charge on any atom is 0.153 e. The van der Waals surface area contributed by atoms with Gasteiger partial charge in [-0.1, -0.05) is 18.0 Å². The summed E-state index contributed by atoms with van der Waals surface area (Å²) in [6.45, 7) is 2.65. The monoisotopic (exact) mass is 185 g/mol. The van der Waals surface area contributed by atoms with E-state index in [0.29, 0.717) is 12.6 Å². The molecule has 0 saturated heterocycles. The Bertz CT molecular complexity index is 176. The van der Waals surface area contributed by atoms with Gasteiger partial charge in [-0.05, 0) is 25.7 Å². The second-order valence-electron chi connectivity index (χ2n) is 3.81. The van der Waals surface area contributed by atoms with Crippen molar-refractivity contribution in [2.75, 3.05) is 6.54 Å². The van der Waals surface area contributed by atoms with E-state index in [1.807, 2.05) is 0 Å². The Morgan fingerprint density at radius 2 is 2.23 bits per heavy atom. The molecule has 0 aromatic heterocycles. The summed E-state index contributed by atoms with van der Waals surface area (Å²) in [4.78, 5) is 0. The van der Waals surface area contributed by atoms with Gasteiger partial charge >= 0.3 is 0 Å². The minimum atomic E-state index is 0.254. The van der Waals surface area contributed by atoms with Crippen molar-refractivity contribution < 1.29 is 5.21 Å². The minimum absolute atomic E-state index is 0.254. The number of rotatable bonds is 4. The summed E-state index contributed by atoms with van der Waals surface area (Å²) in [6.07, 6.45) is 5.31. The topological polar surface area (TPSA) is 70.6 Å². The van der Waals surface area contributed by atoms with Crippen LogP contribution in [0.4, 0.5) is 0 Å². The summed E-state index contributed by atoms with van der Waals surface area (Å²) in [5, 5.41) is 14.5. The number of hydrogen-bond donors (Lipinski definition) is 3. The van der Waals surface area contributed by atoms with Crippen molar-refractivity contribution in [3.8, 4) is 0 Å². The first-order valence-electron chi connectivity index (χ1n) is 4.94. The molecule has 1 unspecified atom stereocenters. The number of hydrogen-bond acceptors (Lipinski definition) is 3. The van der Waals surface area contributed by atoms with Crippen LogP contribution >= 0.6 is 0 Å². The maximum absolute atomic E-state index is 8.34. The van der Waals surface area contributed by atoms with Gasteiger partial charge in [0.2, 0.25) is 0 Å². The second kappa shape index (κ2) is 5.07. The molecule has 1 fully saturated rings. The standard InChI is InChI=1S/C9H19N3O/c1-7(8-4-2-3-5-8)11-6-9(10)12-13/h7-8,11,13H,2-6H2,1H3,(H2,10,12). The fourth-order valence-electron chi connectivity index (χ4n) is 1.92. The Balaban J connectivity index is 2.20. The third kappa shape index (κ3) is 3.22. The highest BCUT2D eigenvalue weighted by Gasteiger charge is 2.20. The Labute approximate surface area is 79.2 Å². The third-order valence-corrected chi connectivity index (χ3v) is 2.84. The molecule has 4 N–H and O–H groups in total. The molecular weight excluding hydrogens is 166 g/mol. The summed E-state index contributed by atoms with van der Waals surface area (Å²) < 4.78 is 0. The quantitative estimate of drug-likeness (QED) is 0.264. The first-order valence-corrected chi connectivity index (χ1v) is 4.94. The SMILES string of the molecule is CC(NCC(N)=NO)C1CCCC1. The third-order valence-electron chi connectivity index (χ3n) is 2.84. The lowest BCUT2D eigenvalue weighted by Gasteiger charge is -2.19. The van der Waals surface area contributed by atoms with Crippen molar-refractivity contribution in [3.63, 3.8) is 0 Å². The Kier molecular flexibility index (Phi) is 4.02. The van der Waals surface area contributed by atoms with E-state index in [9.17, 15) is 0 Å². The van der Waals surface area contributed by atoms with Gasteiger partial charge in [-0.15, -0.1) is 0 Å². The van der Waals surface area contributed by atoms with Gasteiger partial charge in [0, 0.05) is 6.04 Å². The maximum atomic E-state index is 8.34. The van der Waals surface area contributed by atoms with Crippen LogP contribution in [0.3, 0.4) is 0 Å². The molecule has 1 aliphatic carbocycles. The normalized spacial score (nSPS) is 22.1. The molecule has 76 valence electrons. The fraction of sp³-hybridized carbons (Fsp3) is 0.889. The summed E-state index contributed by atoms with van der Waals surface area (Å²) in [7, 11) is 0. The predicted octanol–water partition coefficient (Wildman–Crippen LogP) is 0.901. The van der Waals surface area contributed by atoms with Crippen LogP contribution in [0.2, 0.25) is 0 Å². The summed E-state index contributed by atoms with van der Waals surface area (Å²) in [6, 6.07) is 0.475.